The van der Waals surface area contributed by atoms with Gasteiger partial charge in [0.25, 0.3) is 0 Å². The number of nitrogens with one attached hydrogen (secondary N) is 1. The molecule has 0 bridgehead atoms. The molecule has 0 spiro atoms. The molecule has 1 aliphatic rings. The van der Waals surface area contributed by atoms with Crippen LogP contribution in [0.4, 0.5) is 5.69 Å². The highest BCUT2D eigenvalue weighted by Gasteiger charge is 2.27. The van der Waals surface area contributed by atoms with E-state index in [4.69, 9.17) is 11.6 Å². The van der Waals surface area contributed by atoms with Crippen molar-refractivity contribution in [2.75, 3.05) is 18.0 Å². The predicted molar refractivity (Wildman–Crippen MR) is 87.3 cm³/mol. The van der Waals surface area contributed by atoms with Crippen molar-refractivity contribution in [3.8, 4) is 0 Å². The molecule has 1 aromatic rings. The highest BCUT2D eigenvalue weighted by Crippen LogP contribution is 2.32. The van der Waals surface area contributed by atoms with E-state index in [1.807, 2.05) is 6.07 Å². The van der Waals surface area contributed by atoms with E-state index in [0.717, 1.165) is 29.0 Å². The lowest BCUT2D eigenvalue weighted by molar-refractivity contribution is 0.369. The molecule has 0 aliphatic carbocycles. The molecule has 2 unspecified atom stereocenters. The van der Waals surface area contributed by atoms with E-state index in [1.54, 1.807) is 0 Å². The zero-order valence-corrected chi connectivity index (χ0v) is 14.0. The quantitative estimate of drug-likeness (QED) is 0.866. The fourth-order valence-electron chi connectivity index (χ4n) is 2.78. The van der Waals surface area contributed by atoms with Gasteiger partial charge in [-0.15, -0.1) is 0 Å². The molecule has 1 aromatic carbocycles. The van der Waals surface area contributed by atoms with E-state index in [-0.39, 0.29) is 0 Å². The number of anilines is 1. The molecular weight excluding hydrogens is 324 g/mol. The summed E-state index contributed by atoms with van der Waals surface area (Å²) in [6.45, 7) is 6.58. The second-order valence-corrected chi connectivity index (χ2v) is 6.53. The number of piperazine rings is 1. The fraction of sp³-hybridized carbons (Fsp3) is 0.600. The molecule has 2 nitrogen and oxygen atoms in total. The van der Waals surface area contributed by atoms with Gasteiger partial charge in [-0.3, -0.25) is 0 Å². The standard InChI is InChI=1S/C15H22BrClN2/c1-3-5-12-10-19(13(4-2)9-18-12)15-7-6-11(16)8-14(15)17/h6-8,12-13,18H,3-5,9-10H2,1-2H3. The maximum atomic E-state index is 6.42. The molecular formula is C15H22BrClN2. The summed E-state index contributed by atoms with van der Waals surface area (Å²) >= 11 is 9.89. The van der Waals surface area contributed by atoms with Crippen molar-refractivity contribution in [3.05, 3.63) is 27.7 Å². The molecule has 19 heavy (non-hydrogen) atoms. The zero-order chi connectivity index (χ0) is 13.8. The third-order valence-electron chi connectivity index (χ3n) is 3.83. The lowest BCUT2D eigenvalue weighted by Crippen LogP contribution is -2.56. The first-order valence-corrected chi connectivity index (χ1v) is 8.27. The maximum absolute atomic E-state index is 6.42. The zero-order valence-electron chi connectivity index (χ0n) is 11.6. The number of rotatable bonds is 4. The van der Waals surface area contributed by atoms with Crippen molar-refractivity contribution in [3.63, 3.8) is 0 Å². The van der Waals surface area contributed by atoms with Crippen molar-refractivity contribution >= 4 is 33.2 Å². The maximum Gasteiger partial charge on any atom is 0.0650 e. The first-order valence-electron chi connectivity index (χ1n) is 7.10. The van der Waals surface area contributed by atoms with E-state index in [9.17, 15) is 0 Å². The third kappa shape index (κ3) is 3.65. The summed E-state index contributed by atoms with van der Waals surface area (Å²) in [7, 11) is 0. The molecule has 106 valence electrons. The molecule has 2 atom stereocenters. The van der Waals surface area contributed by atoms with E-state index in [0.29, 0.717) is 12.1 Å². The molecule has 0 radical (unpaired) electrons. The normalized spacial score (nSPS) is 23.7. The second kappa shape index (κ2) is 6.96. The summed E-state index contributed by atoms with van der Waals surface area (Å²) in [5.41, 5.74) is 1.17. The minimum Gasteiger partial charge on any atom is -0.365 e. The van der Waals surface area contributed by atoms with E-state index < -0.39 is 0 Å². The van der Waals surface area contributed by atoms with Crippen LogP contribution in [-0.4, -0.2) is 25.2 Å². The Labute approximate surface area is 129 Å². The summed E-state index contributed by atoms with van der Waals surface area (Å²) in [5, 5.41) is 4.50. The Morgan fingerprint density at radius 1 is 1.42 bits per heavy atom. The fourth-order valence-corrected chi connectivity index (χ4v) is 3.56. The van der Waals surface area contributed by atoms with Gasteiger partial charge in [0.1, 0.15) is 0 Å². The Kier molecular flexibility index (Phi) is 5.55. The highest BCUT2D eigenvalue weighted by molar-refractivity contribution is 9.10. The van der Waals surface area contributed by atoms with Crippen molar-refractivity contribution in [1.82, 2.24) is 5.32 Å². The van der Waals surface area contributed by atoms with Crippen molar-refractivity contribution in [2.24, 2.45) is 0 Å². The minimum atomic E-state index is 0.534. The largest absolute Gasteiger partial charge is 0.365 e. The van der Waals surface area contributed by atoms with Gasteiger partial charge in [0, 0.05) is 29.6 Å². The van der Waals surface area contributed by atoms with Gasteiger partial charge >= 0.3 is 0 Å². The van der Waals surface area contributed by atoms with Gasteiger partial charge in [0.2, 0.25) is 0 Å². The first kappa shape index (κ1) is 15.1. The number of nitrogens with zero attached hydrogens (tertiary/aromatic N) is 1. The minimum absolute atomic E-state index is 0.534. The van der Waals surface area contributed by atoms with Crippen LogP contribution in [-0.2, 0) is 0 Å². The van der Waals surface area contributed by atoms with Crippen LogP contribution >= 0.6 is 27.5 Å². The topological polar surface area (TPSA) is 15.3 Å². The van der Waals surface area contributed by atoms with Gasteiger partial charge in [-0.05, 0) is 31.0 Å². The number of halogens is 2. The lowest BCUT2D eigenvalue weighted by atomic mass is 10.0. The van der Waals surface area contributed by atoms with Crippen LogP contribution in [0.3, 0.4) is 0 Å². The van der Waals surface area contributed by atoms with Crippen molar-refractivity contribution < 1.29 is 0 Å². The monoisotopic (exact) mass is 344 g/mol. The molecule has 2 rings (SSSR count). The van der Waals surface area contributed by atoms with Crippen LogP contribution in [0.1, 0.15) is 33.1 Å². The third-order valence-corrected chi connectivity index (χ3v) is 4.62. The Balaban J connectivity index is 2.22. The predicted octanol–water partition coefficient (Wildman–Crippen LogP) is 4.46. The summed E-state index contributed by atoms with van der Waals surface area (Å²) in [6, 6.07) is 7.30. The molecule has 1 fully saturated rings. The van der Waals surface area contributed by atoms with E-state index in [2.05, 4.69) is 52.1 Å². The average molecular weight is 346 g/mol. The van der Waals surface area contributed by atoms with E-state index >= 15 is 0 Å². The summed E-state index contributed by atoms with van der Waals surface area (Å²) in [4.78, 5) is 2.48. The first-order chi connectivity index (χ1) is 9.15. The van der Waals surface area contributed by atoms with Crippen molar-refractivity contribution in [2.45, 2.75) is 45.2 Å². The van der Waals surface area contributed by atoms with Gasteiger partial charge < -0.3 is 10.2 Å². The number of hydrogen-bond acceptors (Lipinski definition) is 2. The molecule has 4 heteroatoms. The number of hydrogen-bond donors (Lipinski definition) is 1. The molecule has 1 N–H and O–H groups in total. The van der Waals surface area contributed by atoms with Crippen LogP contribution in [0.25, 0.3) is 0 Å². The Morgan fingerprint density at radius 3 is 2.84 bits per heavy atom. The van der Waals surface area contributed by atoms with Crippen LogP contribution in [0, 0.1) is 0 Å². The molecule has 0 amide bonds. The molecule has 1 saturated heterocycles. The molecule has 0 aromatic heterocycles. The Hall–Kier alpha value is -0.250. The smallest absolute Gasteiger partial charge is 0.0650 e. The summed E-state index contributed by atoms with van der Waals surface area (Å²) in [6.07, 6.45) is 3.58. The van der Waals surface area contributed by atoms with Gasteiger partial charge in [0.15, 0.2) is 0 Å². The van der Waals surface area contributed by atoms with Gasteiger partial charge in [-0.2, -0.15) is 0 Å². The second-order valence-electron chi connectivity index (χ2n) is 5.20. The Bertz CT molecular complexity index is 425. The summed E-state index contributed by atoms with van der Waals surface area (Å²) < 4.78 is 1.04. The van der Waals surface area contributed by atoms with Crippen LogP contribution in [0.15, 0.2) is 22.7 Å². The lowest BCUT2D eigenvalue weighted by Gasteiger charge is -2.42. The van der Waals surface area contributed by atoms with Gasteiger partial charge in [-0.1, -0.05) is 47.8 Å². The van der Waals surface area contributed by atoms with Crippen LogP contribution in [0.5, 0.6) is 0 Å². The Morgan fingerprint density at radius 2 is 2.21 bits per heavy atom. The number of benzene rings is 1. The highest BCUT2D eigenvalue weighted by atomic mass is 79.9. The SMILES string of the molecule is CCCC1CN(c2ccc(Br)cc2Cl)C(CC)CN1. The van der Waals surface area contributed by atoms with Crippen molar-refractivity contribution in [1.29, 1.82) is 0 Å². The summed E-state index contributed by atoms with van der Waals surface area (Å²) in [5.74, 6) is 0. The average Bonchev–Trinajstić information content (AvgIpc) is 2.39. The van der Waals surface area contributed by atoms with Crippen LogP contribution < -0.4 is 10.2 Å². The molecule has 1 heterocycles. The van der Waals surface area contributed by atoms with Crippen LogP contribution in [0.2, 0.25) is 5.02 Å². The van der Waals surface area contributed by atoms with E-state index in [1.165, 1.54) is 18.5 Å². The molecule has 0 saturated carbocycles. The molecule has 1 aliphatic heterocycles. The van der Waals surface area contributed by atoms with Gasteiger partial charge in [0.05, 0.1) is 10.7 Å². The van der Waals surface area contributed by atoms with Gasteiger partial charge in [-0.25, -0.2) is 0 Å².